The predicted molar refractivity (Wildman–Crippen MR) is 91.4 cm³/mol. The van der Waals surface area contributed by atoms with E-state index in [0.717, 1.165) is 5.39 Å². The van der Waals surface area contributed by atoms with Crippen molar-refractivity contribution >= 4 is 28.6 Å². The predicted octanol–water partition coefficient (Wildman–Crippen LogP) is 3.99. The molecule has 1 amide bonds. The second-order valence-corrected chi connectivity index (χ2v) is 5.02. The van der Waals surface area contributed by atoms with E-state index in [4.69, 9.17) is 9.15 Å². The topological polar surface area (TPSA) is 75.3 Å². The lowest BCUT2D eigenvalue weighted by Crippen LogP contribution is -2.13. The Labute approximate surface area is 138 Å². The minimum atomic E-state index is -0.490. The van der Waals surface area contributed by atoms with Crippen LogP contribution in [0.3, 0.4) is 0 Å². The van der Waals surface area contributed by atoms with Gasteiger partial charge < -0.3 is 14.5 Å². The summed E-state index contributed by atoms with van der Waals surface area (Å²) in [5.74, 6) is 0.518. The highest BCUT2D eigenvalue weighted by Gasteiger charge is 2.12. The number of furan rings is 1. The SMILES string of the molecule is COc1cccc2cc(/C=C(/C#N)C(=O)Nc3ccccc3)oc12. The highest BCUT2D eigenvalue weighted by atomic mass is 16.5. The lowest BCUT2D eigenvalue weighted by atomic mass is 10.2. The van der Waals surface area contributed by atoms with Crippen LogP contribution in [-0.2, 0) is 4.79 Å². The number of nitriles is 1. The number of methoxy groups -OCH3 is 1. The smallest absolute Gasteiger partial charge is 0.266 e. The lowest BCUT2D eigenvalue weighted by Gasteiger charge is -2.02. The second kappa shape index (κ2) is 6.71. The van der Waals surface area contributed by atoms with E-state index in [9.17, 15) is 10.1 Å². The molecule has 5 nitrogen and oxygen atoms in total. The molecule has 0 atom stereocenters. The van der Waals surface area contributed by atoms with Crippen molar-refractivity contribution in [2.24, 2.45) is 0 Å². The fourth-order valence-corrected chi connectivity index (χ4v) is 2.30. The Morgan fingerprint density at radius 1 is 1.21 bits per heavy atom. The zero-order valence-corrected chi connectivity index (χ0v) is 12.9. The van der Waals surface area contributed by atoms with E-state index in [1.165, 1.54) is 6.08 Å². The third kappa shape index (κ3) is 3.13. The number of carbonyl (C=O) groups excluding carboxylic acids is 1. The molecule has 5 heteroatoms. The largest absolute Gasteiger partial charge is 0.493 e. The molecule has 0 aliphatic carbocycles. The number of ether oxygens (including phenoxy) is 1. The molecular weight excluding hydrogens is 304 g/mol. The monoisotopic (exact) mass is 318 g/mol. The van der Waals surface area contributed by atoms with Gasteiger partial charge in [0.15, 0.2) is 11.3 Å². The van der Waals surface area contributed by atoms with Crippen molar-refractivity contribution in [2.45, 2.75) is 0 Å². The summed E-state index contributed by atoms with van der Waals surface area (Å²) in [7, 11) is 1.56. The van der Waals surface area contributed by atoms with Crippen molar-refractivity contribution in [3.05, 3.63) is 65.9 Å². The third-order valence-electron chi connectivity index (χ3n) is 3.43. The number of benzene rings is 2. The van der Waals surface area contributed by atoms with Crippen molar-refractivity contribution in [1.29, 1.82) is 5.26 Å². The van der Waals surface area contributed by atoms with Gasteiger partial charge in [-0.25, -0.2) is 0 Å². The van der Waals surface area contributed by atoms with Crippen LogP contribution >= 0.6 is 0 Å². The molecule has 118 valence electrons. The van der Waals surface area contributed by atoms with E-state index < -0.39 is 5.91 Å². The van der Waals surface area contributed by atoms with Crippen LogP contribution in [0.15, 0.2) is 64.6 Å². The van der Waals surface area contributed by atoms with Gasteiger partial charge in [-0.2, -0.15) is 5.26 Å². The van der Waals surface area contributed by atoms with E-state index in [1.54, 1.807) is 43.5 Å². The number of amides is 1. The highest BCUT2D eigenvalue weighted by Crippen LogP contribution is 2.29. The Hall–Kier alpha value is -3.52. The molecule has 1 heterocycles. The van der Waals surface area contributed by atoms with E-state index in [0.29, 0.717) is 22.8 Å². The second-order valence-electron chi connectivity index (χ2n) is 5.02. The summed E-state index contributed by atoms with van der Waals surface area (Å²) in [6, 6.07) is 18.1. The zero-order valence-electron chi connectivity index (χ0n) is 12.9. The van der Waals surface area contributed by atoms with Gasteiger partial charge in [-0.05, 0) is 24.3 Å². The van der Waals surface area contributed by atoms with Gasteiger partial charge >= 0.3 is 0 Å². The minimum absolute atomic E-state index is 0.0446. The van der Waals surface area contributed by atoms with Crippen LogP contribution in [0.25, 0.3) is 17.0 Å². The first-order valence-corrected chi connectivity index (χ1v) is 7.26. The van der Waals surface area contributed by atoms with Gasteiger partial charge in [0.1, 0.15) is 17.4 Å². The van der Waals surface area contributed by atoms with Crippen LogP contribution in [0.1, 0.15) is 5.76 Å². The van der Waals surface area contributed by atoms with Crippen LogP contribution in [0.4, 0.5) is 5.69 Å². The van der Waals surface area contributed by atoms with Crippen LogP contribution in [0.5, 0.6) is 5.75 Å². The summed E-state index contributed by atoms with van der Waals surface area (Å²) < 4.78 is 10.9. The summed E-state index contributed by atoms with van der Waals surface area (Å²) in [4.78, 5) is 12.2. The van der Waals surface area contributed by atoms with Crippen LogP contribution < -0.4 is 10.1 Å². The molecule has 0 unspecified atom stereocenters. The number of fused-ring (bicyclic) bond motifs is 1. The molecular formula is C19H14N2O3. The van der Waals surface area contributed by atoms with Crippen molar-refractivity contribution in [3.8, 4) is 11.8 Å². The number of carbonyl (C=O) groups is 1. The number of rotatable bonds is 4. The van der Waals surface area contributed by atoms with Gasteiger partial charge in [-0.15, -0.1) is 0 Å². The van der Waals surface area contributed by atoms with Crippen LogP contribution in [0.2, 0.25) is 0 Å². The number of para-hydroxylation sites is 2. The van der Waals surface area contributed by atoms with Gasteiger partial charge in [0.2, 0.25) is 0 Å². The average Bonchev–Trinajstić information content (AvgIpc) is 3.03. The average molecular weight is 318 g/mol. The molecule has 3 rings (SSSR count). The summed E-state index contributed by atoms with van der Waals surface area (Å²) in [5, 5.41) is 12.8. The maximum atomic E-state index is 12.2. The first-order valence-electron chi connectivity index (χ1n) is 7.26. The van der Waals surface area contributed by atoms with E-state index in [-0.39, 0.29) is 5.57 Å². The maximum Gasteiger partial charge on any atom is 0.266 e. The Morgan fingerprint density at radius 3 is 2.71 bits per heavy atom. The summed E-state index contributed by atoms with van der Waals surface area (Å²) in [5.41, 5.74) is 1.15. The molecule has 0 spiro atoms. The van der Waals surface area contributed by atoms with Gasteiger partial charge in [-0.1, -0.05) is 30.3 Å². The molecule has 0 radical (unpaired) electrons. The Morgan fingerprint density at radius 2 is 2.00 bits per heavy atom. The van der Waals surface area contributed by atoms with Crippen molar-refractivity contribution in [2.75, 3.05) is 12.4 Å². The minimum Gasteiger partial charge on any atom is -0.493 e. The van der Waals surface area contributed by atoms with Crippen molar-refractivity contribution in [1.82, 2.24) is 0 Å². The molecule has 2 aromatic carbocycles. The van der Waals surface area contributed by atoms with Crippen molar-refractivity contribution < 1.29 is 13.9 Å². The fraction of sp³-hybridized carbons (Fsp3) is 0.0526. The number of anilines is 1. The number of nitrogens with one attached hydrogen (secondary N) is 1. The summed E-state index contributed by atoms with van der Waals surface area (Å²) in [6.45, 7) is 0. The Kier molecular flexibility index (Phi) is 4.30. The van der Waals surface area contributed by atoms with Crippen LogP contribution in [0, 0.1) is 11.3 Å². The molecule has 0 bridgehead atoms. The quantitative estimate of drug-likeness (QED) is 0.583. The van der Waals surface area contributed by atoms with Gasteiger partial charge in [0.05, 0.1) is 7.11 Å². The molecule has 1 N–H and O–H groups in total. The molecule has 0 aliphatic heterocycles. The molecule has 1 aromatic heterocycles. The summed E-state index contributed by atoms with van der Waals surface area (Å²) in [6.07, 6.45) is 1.41. The van der Waals surface area contributed by atoms with Gasteiger partial charge in [0, 0.05) is 17.1 Å². The first kappa shape index (κ1) is 15.4. The fourth-order valence-electron chi connectivity index (χ4n) is 2.30. The number of hydrogen-bond donors (Lipinski definition) is 1. The van der Waals surface area contributed by atoms with E-state index in [2.05, 4.69) is 5.32 Å². The molecule has 0 saturated heterocycles. The first-order chi connectivity index (χ1) is 11.7. The standard InChI is InChI=1S/C19H14N2O3/c1-23-17-9-5-6-13-10-16(24-18(13)17)11-14(12-20)19(22)21-15-7-3-2-4-8-15/h2-11H,1H3,(H,21,22)/b14-11-. The molecule has 0 fully saturated rings. The Balaban J connectivity index is 1.90. The van der Waals surface area contributed by atoms with Crippen LogP contribution in [-0.4, -0.2) is 13.0 Å². The Bertz CT molecular complexity index is 950. The van der Waals surface area contributed by atoms with Gasteiger partial charge in [0.25, 0.3) is 5.91 Å². The molecule has 3 aromatic rings. The number of nitrogens with zero attached hydrogens (tertiary/aromatic N) is 1. The van der Waals surface area contributed by atoms with Crippen molar-refractivity contribution in [3.63, 3.8) is 0 Å². The third-order valence-corrected chi connectivity index (χ3v) is 3.43. The number of hydrogen-bond acceptors (Lipinski definition) is 4. The zero-order chi connectivity index (χ0) is 16.9. The van der Waals surface area contributed by atoms with Gasteiger partial charge in [-0.3, -0.25) is 4.79 Å². The van der Waals surface area contributed by atoms with E-state index in [1.807, 2.05) is 24.3 Å². The molecule has 0 aliphatic rings. The highest BCUT2D eigenvalue weighted by molar-refractivity contribution is 6.09. The molecule has 24 heavy (non-hydrogen) atoms. The maximum absolute atomic E-state index is 12.2. The molecule has 0 saturated carbocycles. The summed E-state index contributed by atoms with van der Waals surface area (Å²) >= 11 is 0. The lowest BCUT2D eigenvalue weighted by molar-refractivity contribution is -0.112. The van der Waals surface area contributed by atoms with E-state index >= 15 is 0 Å². The normalized spacial score (nSPS) is 11.1.